The quantitative estimate of drug-likeness (QED) is 0.696. The van der Waals surface area contributed by atoms with Crippen molar-refractivity contribution in [2.75, 3.05) is 5.32 Å². The molecule has 0 spiro atoms. The summed E-state index contributed by atoms with van der Waals surface area (Å²) in [6.07, 6.45) is 2.54. The number of rotatable bonds is 3. The lowest BCUT2D eigenvalue weighted by atomic mass is 9.91. The Bertz CT molecular complexity index is 1130. The van der Waals surface area contributed by atoms with Crippen LogP contribution in [0.1, 0.15) is 18.9 Å². The number of anilines is 1. The first-order valence-electron chi connectivity index (χ1n) is 11.0. The highest BCUT2D eigenvalue weighted by Gasteiger charge is 2.74. The number of nitrogens with one attached hydrogen (secondary N) is 1. The molecule has 0 aromatic heterocycles. The van der Waals surface area contributed by atoms with E-state index in [1.54, 1.807) is 18.5 Å². The smallest absolute Gasteiger partial charge is 0.137 e. The molecule has 0 amide bonds. The second kappa shape index (κ2) is 6.98. The van der Waals surface area contributed by atoms with Crippen LogP contribution in [0.2, 0.25) is 0 Å². The maximum atomic E-state index is 13.6. The number of amidine groups is 1. The van der Waals surface area contributed by atoms with Crippen LogP contribution in [0.5, 0.6) is 0 Å². The zero-order valence-electron chi connectivity index (χ0n) is 17.6. The molecule has 164 valence electrons. The lowest BCUT2D eigenvalue weighted by Gasteiger charge is -2.37. The van der Waals surface area contributed by atoms with Crippen molar-refractivity contribution >= 4 is 23.4 Å². The Balaban J connectivity index is 1.42. The Morgan fingerprint density at radius 3 is 2.53 bits per heavy atom. The van der Waals surface area contributed by atoms with Gasteiger partial charge >= 0.3 is 0 Å². The Morgan fingerprint density at radius 2 is 1.84 bits per heavy atom. The second-order valence-corrected chi connectivity index (χ2v) is 9.26. The SMILES string of the molecule is C[C@@H]1[C@H](O)[C@H](O)[C@@]2(N3C=C(c4ccc(F)cc4)C4C(Nc5ccccc5)=NC=NC43)C[C@@H]12. The van der Waals surface area contributed by atoms with Gasteiger partial charge in [0.2, 0.25) is 0 Å². The number of para-hydroxylation sites is 1. The first-order valence-corrected chi connectivity index (χ1v) is 11.0. The van der Waals surface area contributed by atoms with E-state index >= 15 is 0 Å². The fraction of sp³-hybridized carbons (Fsp3) is 0.360. The summed E-state index contributed by atoms with van der Waals surface area (Å²) in [5, 5.41) is 25.0. The molecule has 0 saturated heterocycles. The van der Waals surface area contributed by atoms with Crippen LogP contribution in [0.25, 0.3) is 5.57 Å². The average molecular weight is 432 g/mol. The summed E-state index contributed by atoms with van der Waals surface area (Å²) in [7, 11) is 0. The molecule has 0 bridgehead atoms. The molecule has 2 aliphatic heterocycles. The third kappa shape index (κ3) is 2.71. The van der Waals surface area contributed by atoms with E-state index in [-0.39, 0.29) is 29.7 Å². The molecule has 2 aliphatic carbocycles. The van der Waals surface area contributed by atoms with Crippen LogP contribution >= 0.6 is 0 Å². The molecule has 32 heavy (non-hydrogen) atoms. The largest absolute Gasteiger partial charge is 0.390 e. The van der Waals surface area contributed by atoms with E-state index in [1.807, 2.05) is 43.5 Å². The topological polar surface area (TPSA) is 80.5 Å². The zero-order chi connectivity index (χ0) is 22.0. The van der Waals surface area contributed by atoms with Crippen LogP contribution in [-0.4, -0.2) is 51.2 Å². The minimum Gasteiger partial charge on any atom is -0.390 e. The van der Waals surface area contributed by atoms with Gasteiger partial charge in [-0.25, -0.2) is 14.4 Å². The van der Waals surface area contributed by atoms with Crippen LogP contribution in [-0.2, 0) is 0 Å². The molecule has 2 saturated carbocycles. The number of benzene rings is 2. The first kappa shape index (κ1) is 19.6. The van der Waals surface area contributed by atoms with Crippen LogP contribution in [0.15, 0.2) is 70.8 Å². The van der Waals surface area contributed by atoms with E-state index in [9.17, 15) is 14.6 Å². The molecule has 2 aromatic rings. The van der Waals surface area contributed by atoms with Crippen molar-refractivity contribution < 1.29 is 14.6 Å². The summed E-state index contributed by atoms with van der Waals surface area (Å²) in [6.45, 7) is 2.00. The fourth-order valence-corrected chi connectivity index (χ4v) is 5.91. The van der Waals surface area contributed by atoms with E-state index in [4.69, 9.17) is 4.99 Å². The van der Waals surface area contributed by atoms with E-state index < -0.39 is 17.7 Å². The fourth-order valence-electron chi connectivity index (χ4n) is 5.91. The Labute approximate surface area is 185 Å². The molecule has 7 heteroatoms. The lowest BCUT2D eigenvalue weighted by Crippen LogP contribution is -2.51. The molecule has 3 N–H and O–H groups in total. The molecule has 0 radical (unpaired) electrons. The molecule has 2 heterocycles. The Kier molecular flexibility index (Phi) is 4.29. The van der Waals surface area contributed by atoms with Crippen molar-refractivity contribution in [2.45, 2.75) is 37.3 Å². The summed E-state index contributed by atoms with van der Waals surface area (Å²) in [6, 6.07) is 16.3. The molecule has 2 fully saturated rings. The molecule has 6 nitrogen and oxygen atoms in total. The number of aliphatic hydroxyl groups excluding tert-OH is 2. The van der Waals surface area contributed by atoms with Crippen LogP contribution in [0, 0.1) is 23.6 Å². The number of aliphatic hydroxyl groups is 2. The molecular formula is C25H25FN4O2. The maximum absolute atomic E-state index is 13.6. The molecule has 4 aliphatic rings. The Hall–Kier alpha value is -3.03. The van der Waals surface area contributed by atoms with E-state index in [0.717, 1.165) is 29.1 Å². The van der Waals surface area contributed by atoms with Crippen LogP contribution < -0.4 is 5.32 Å². The van der Waals surface area contributed by atoms with Gasteiger partial charge in [0, 0.05) is 11.9 Å². The van der Waals surface area contributed by atoms with Crippen LogP contribution in [0.3, 0.4) is 0 Å². The van der Waals surface area contributed by atoms with Crippen molar-refractivity contribution in [3.8, 4) is 0 Å². The predicted octanol–water partition coefficient (Wildman–Crippen LogP) is 3.11. The minimum atomic E-state index is -0.841. The van der Waals surface area contributed by atoms with Crippen molar-refractivity contribution in [3.05, 3.63) is 72.2 Å². The number of aliphatic imine (C=N–C) groups is 2. The van der Waals surface area contributed by atoms with Gasteiger partial charge in [-0.05, 0) is 53.7 Å². The van der Waals surface area contributed by atoms with E-state index in [0.29, 0.717) is 0 Å². The lowest BCUT2D eigenvalue weighted by molar-refractivity contribution is -0.0324. The first-order chi connectivity index (χ1) is 15.5. The number of hydrogen-bond donors (Lipinski definition) is 3. The normalized spacial score (nSPS) is 36.9. The third-order valence-electron chi connectivity index (χ3n) is 7.65. The van der Waals surface area contributed by atoms with Gasteiger partial charge < -0.3 is 20.4 Å². The van der Waals surface area contributed by atoms with E-state index in [1.165, 1.54) is 12.1 Å². The van der Waals surface area contributed by atoms with Crippen molar-refractivity contribution in [1.82, 2.24) is 4.90 Å². The monoisotopic (exact) mass is 432 g/mol. The van der Waals surface area contributed by atoms with Crippen molar-refractivity contribution in [3.63, 3.8) is 0 Å². The summed E-state index contributed by atoms with van der Waals surface area (Å²) >= 11 is 0. The van der Waals surface area contributed by atoms with E-state index in [2.05, 4.69) is 15.2 Å². The van der Waals surface area contributed by atoms with Crippen LogP contribution in [0.4, 0.5) is 10.1 Å². The van der Waals surface area contributed by atoms with Gasteiger partial charge in [-0.3, -0.25) is 0 Å². The summed E-state index contributed by atoms with van der Waals surface area (Å²) in [5.41, 5.74) is 2.24. The molecule has 7 atom stereocenters. The van der Waals surface area contributed by atoms with Gasteiger partial charge in [-0.1, -0.05) is 37.3 Å². The zero-order valence-corrected chi connectivity index (χ0v) is 17.6. The van der Waals surface area contributed by atoms with Gasteiger partial charge in [-0.15, -0.1) is 0 Å². The average Bonchev–Trinajstić information content (AvgIpc) is 3.39. The summed E-state index contributed by atoms with van der Waals surface area (Å²) in [4.78, 5) is 11.4. The number of hydrogen-bond acceptors (Lipinski definition) is 6. The highest BCUT2D eigenvalue weighted by molar-refractivity contribution is 6.09. The predicted molar refractivity (Wildman–Crippen MR) is 122 cm³/mol. The summed E-state index contributed by atoms with van der Waals surface area (Å²) in [5.74, 6) is 0.486. The van der Waals surface area contributed by atoms with Gasteiger partial charge in [0.1, 0.15) is 30.3 Å². The van der Waals surface area contributed by atoms with Crippen molar-refractivity contribution in [2.24, 2.45) is 27.7 Å². The van der Waals surface area contributed by atoms with Gasteiger partial charge in [0.05, 0.1) is 17.6 Å². The van der Waals surface area contributed by atoms with Gasteiger partial charge in [0.15, 0.2) is 0 Å². The molecular weight excluding hydrogens is 407 g/mol. The molecule has 2 unspecified atom stereocenters. The number of nitrogens with zero attached hydrogens (tertiary/aromatic N) is 3. The highest BCUT2D eigenvalue weighted by Crippen LogP contribution is 2.64. The number of fused-ring (bicyclic) bond motifs is 2. The van der Waals surface area contributed by atoms with Gasteiger partial charge in [-0.2, -0.15) is 0 Å². The summed E-state index contributed by atoms with van der Waals surface area (Å²) < 4.78 is 13.6. The second-order valence-electron chi connectivity index (χ2n) is 9.26. The van der Waals surface area contributed by atoms with Crippen molar-refractivity contribution in [1.29, 1.82) is 0 Å². The number of halogens is 1. The molecule has 6 rings (SSSR count). The molecule has 2 aromatic carbocycles. The standard InChI is InChI=1S/C25H25FN4O2/c1-14-19-11-25(19,22(32)21(14)31)30-12-18(15-7-9-16(26)10-8-15)20-23(27-13-28-24(20)30)29-17-5-3-2-4-6-17/h2-10,12-14,19-22,24,31-32H,11H2,1H3,(H,27,28,29)/t14-,19-,20?,21-,22-,24?,25+/m0/s1. The highest BCUT2D eigenvalue weighted by atomic mass is 19.1. The van der Waals surface area contributed by atoms with Gasteiger partial charge in [0.25, 0.3) is 0 Å². The maximum Gasteiger partial charge on any atom is 0.137 e. The minimum absolute atomic E-state index is 0.0230. The third-order valence-corrected chi connectivity index (χ3v) is 7.65. The Morgan fingerprint density at radius 1 is 1.09 bits per heavy atom.